The average molecular weight is 274 g/mol. The fourth-order valence-corrected chi connectivity index (χ4v) is 2.99. The van der Waals surface area contributed by atoms with Crippen LogP contribution in [0.3, 0.4) is 0 Å². The summed E-state index contributed by atoms with van der Waals surface area (Å²) in [7, 11) is 0. The van der Waals surface area contributed by atoms with Gasteiger partial charge in [0.15, 0.2) is 0 Å². The molecule has 106 valence electrons. The lowest BCUT2D eigenvalue weighted by atomic mass is 9.85. The maximum atomic E-state index is 11.8. The van der Waals surface area contributed by atoms with Crippen molar-refractivity contribution in [2.24, 2.45) is 5.92 Å². The molecule has 1 aliphatic carbocycles. The zero-order valence-corrected chi connectivity index (χ0v) is 11.2. The first-order valence-electron chi connectivity index (χ1n) is 7.00. The van der Waals surface area contributed by atoms with Crippen LogP contribution in [0.2, 0.25) is 0 Å². The van der Waals surface area contributed by atoms with Gasteiger partial charge in [-0.2, -0.15) is 0 Å². The van der Waals surface area contributed by atoms with E-state index in [-0.39, 0.29) is 24.5 Å². The molecular formula is C15H18N2O3. The van der Waals surface area contributed by atoms with Crippen LogP contribution in [-0.2, 0) is 16.1 Å². The van der Waals surface area contributed by atoms with Gasteiger partial charge in [-0.1, -0.05) is 30.3 Å². The Kier molecular flexibility index (Phi) is 3.58. The van der Waals surface area contributed by atoms with E-state index in [1.807, 2.05) is 30.3 Å². The highest BCUT2D eigenvalue weighted by molar-refractivity contribution is 5.83. The van der Waals surface area contributed by atoms with Crippen LogP contribution in [0, 0.1) is 5.92 Å². The third-order valence-electron chi connectivity index (χ3n) is 4.05. The zero-order chi connectivity index (χ0) is 13.9. The minimum atomic E-state index is -0.447. The molecule has 1 saturated heterocycles. The number of fused-ring (bicyclic) bond motifs is 2. The number of hydrogen-bond donors (Lipinski definition) is 2. The van der Waals surface area contributed by atoms with Gasteiger partial charge < -0.3 is 15.4 Å². The Bertz CT molecular complexity index is 503. The van der Waals surface area contributed by atoms with E-state index in [9.17, 15) is 9.59 Å². The van der Waals surface area contributed by atoms with Crippen LogP contribution in [-0.4, -0.2) is 24.1 Å². The Balaban J connectivity index is 1.50. The smallest absolute Gasteiger partial charge is 0.407 e. The Morgan fingerprint density at radius 2 is 2.10 bits per heavy atom. The molecule has 2 bridgehead atoms. The van der Waals surface area contributed by atoms with E-state index in [2.05, 4.69) is 10.6 Å². The number of carbonyl (C=O) groups is 2. The van der Waals surface area contributed by atoms with E-state index in [1.165, 1.54) is 0 Å². The van der Waals surface area contributed by atoms with Crippen LogP contribution in [0.25, 0.3) is 0 Å². The van der Waals surface area contributed by atoms with Crippen LogP contribution >= 0.6 is 0 Å². The van der Waals surface area contributed by atoms with E-state index < -0.39 is 6.09 Å². The summed E-state index contributed by atoms with van der Waals surface area (Å²) >= 11 is 0. The standard InChI is InChI=1S/C15H18N2O3/c18-14-12-8-11(16-14)6-7-13(12)17-15(19)20-9-10-4-2-1-3-5-10/h1-5,11-13H,6-9H2,(H,16,18)(H,17,19)/t11-,12-,13+/m1/s1. The number of nitrogens with one attached hydrogen (secondary N) is 2. The molecule has 0 aromatic heterocycles. The summed E-state index contributed by atoms with van der Waals surface area (Å²) in [5, 5.41) is 5.77. The number of benzene rings is 1. The van der Waals surface area contributed by atoms with Crippen LogP contribution in [0.15, 0.2) is 30.3 Å². The fourth-order valence-electron chi connectivity index (χ4n) is 2.99. The van der Waals surface area contributed by atoms with Crippen molar-refractivity contribution in [3.63, 3.8) is 0 Å². The summed E-state index contributed by atoms with van der Waals surface area (Å²) in [4.78, 5) is 23.5. The first-order valence-corrected chi connectivity index (χ1v) is 7.00. The van der Waals surface area contributed by atoms with Crippen LogP contribution in [0.4, 0.5) is 4.79 Å². The van der Waals surface area contributed by atoms with Crippen LogP contribution in [0.5, 0.6) is 0 Å². The lowest BCUT2D eigenvalue weighted by molar-refractivity contribution is -0.123. The van der Waals surface area contributed by atoms with Crippen molar-refractivity contribution in [1.29, 1.82) is 0 Å². The maximum Gasteiger partial charge on any atom is 0.407 e. The van der Waals surface area contributed by atoms with E-state index in [0.717, 1.165) is 24.8 Å². The van der Waals surface area contributed by atoms with Gasteiger partial charge in [0.05, 0.1) is 5.92 Å². The van der Waals surface area contributed by atoms with Gasteiger partial charge in [-0.15, -0.1) is 0 Å². The highest BCUT2D eigenvalue weighted by Crippen LogP contribution is 2.30. The van der Waals surface area contributed by atoms with Gasteiger partial charge in [0.1, 0.15) is 6.61 Å². The van der Waals surface area contributed by atoms with Crippen molar-refractivity contribution in [3.05, 3.63) is 35.9 Å². The van der Waals surface area contributed by atoms with Gasteiger partial charge in [-0.05, 0) is 24.8 Å². The van der Waals surface area contributed by atoms with Crippen molar-refractivity contribution in [1.82, 2.24) is 10.6 Å². The molecular weight excluding hydrogens is 256 g/mol. The fraction of sp³-hybridized carbons (Fsp3) is 0.467. The first-order chi connectivity index (χ1) is 9.72. The minimum Gasteiger partial charge on any atom is -0.445 e. The quantitative estimate of drug-likeness (QED) is 0.879. The molecule has 3 rings (SSSR count). The molecule has 0 radical (unpaired) electrons. The van der Waals surface area contributed by atoms with Crippen LogP contribution in [0.1, 0.15) is 24.8 Å². The van der Waals surface area contributed by atoms with Gasteiger partial charge in [-0.3, -0.25) is 4.79 Å². The molecule has 0 spiro atoms. The molecule has 20 heavy (non-hydrogen) atoms. The number of amides is 2. The molecule has 1 aromatic rings. The Hall–Kier alpha value is -2.04. The average Bonchev–Trinajstić information content (AvgIpc) is 2.77. The summed E-state index contributed by atoms with van der Waals surface area (Å²) in [6.07, 6.45) is 2.13. The minimum absolute atomic E-state index is 0.0564. The summed E-state index contributed by atoms with van der Waals surface area (Å²) in [6, 6.07) is 9.73. The lowest BCUT2D eigenvalue weighted by Crippen LogP contribution is -2.43. The molecule has 2 N–H and O–H groups in total. The molecule has 1 aromatic carbocycles. The summed E-state index contributed by atoms with van der Waals surface area (Å²) in [5.41, 5.74) is 0.949. The summed E-state index contributed by atoms with van der Waals surface area (Å²) in [5.74, 6) is -0.0427. The third kappa shape index (κ3) is 2.76. The lowest BCUT2D eigenvalue weighted by Gasteiger charge is -2.26. The van der Waals surface area contributed by atoms with E-state index in [0.29, 0.717) is 6.04 Å². The number of ether oxygens (including phenoxy) is 1. The zero-order valence-electron chi connectivity index (χ0n) is 11.2. The van der Waals surface area contributed by atoms with Gasteiger partial charge in [0.25, 0.3) is 0 Å². The van der Waals surface area contributed by atoms with Gasteiger partial charge in [0.2, 0.25) is 5.91 Å². The number of hydrogen-bond acceptors (Lipinski definition) is 3. The number of rotatable bonds is 3. The van der Waals surface area contributed by atoms with E-state index >= 15 is 0 Å². The second-order valence-electron chi connectivity index (χ2n) is 5.44. The van der Waals surface area contributed by atoms with Gasteiger partial charge in [-0.25, -0.2) is 4.79 Å². The molecule has 5 nitrogen and oxygen atoms in total. The van der Waals surface area contributed by atoms with Crippen molar-refractivity contribution in [2.45, 2.75) is 38.0 Å². The Morgan fingerprint density at radius 1 is 1.30 bits per heavy atom. The summed E-state index contributed by atoms with van der Waals surface area (Å²) < 4.78 is 5.19. The van der Waals surface area contributed by atoms with Crippen molar-refractivity contribution < 1.29 is 14.3 Å². The van der Waals surface area contributed by atoms with Crippen LogP contribution < -0.4 is 10.6 Å². The number of carbonyl (C=O) groups excluding carboxylic acids is 2. The maximum absolute atomic E-state index is 11.8. The Morgan fingerprint density at radius 3 is 2.90 bits per heavy atom. The number of alkyl carbamates (subject to hydrolysis) is 1. The van der Waals surface area contributed by atoms with Crippen molar-refractivity contribution in [3.8, 4) is 0 Å². The first kappa shape index (κ1) is 13.0. The SMILES string of the molecule is O=C(N[C@H]1CC[C@@H]2C[C@H]1C(=O)N2)OCc1ccccc1. The monoisotopic (exact) mass is 274 g/mol. The topological polar surface area (TPSA) is 67.4 Å². The molecule has 5 heteroatoms. The van der Waals surface area contributed by atoms with E-state index in [4.69, 9.17) is 4.74 Å². The molecule has 0 unspecified atom stereocenters. The van der Waals surface area contributed by atoms with Gasteiger partial charge in [0, 0.05) is 12.1 Å². The molecule has 2 fully saturated rings. The summed E-state index contributed by atoms with van der Waals surface area (Å²) in [6.45, 7) is 0.249. The van der Waals surface area contributed by atoms with Crippen molar-refractivity contribution >= 4 is 12.0 Å². The largest absolute Gasteiger partial charge is 0.445 e. The molecule has 2 aliphatic rings. The molecule has 1 saturated carbocycles. The van der Waals surface area contributed by atoms with Gasteiger partial charge >= 0.3 is 6.09 Å². The predicted octanol–water partition coefficient (Wildman–Crippen LogP) is 1.58. The molecule has 3 atom stereocenters. The highest BCUT2D eigenvalue weighted by Gasteiger charge is 2.42. The van der Waals surface area contributed by atoms with Crippen molar-refractivity contribution in [2.75, 3.05) is 0 Å². The second kappa shape index (κ2) is 5.53. The molecule has 1 heterocycles. The molecule has 1 aliphatic heterocycles. The third-order valence-corrected chi connectivity index (χ3v) is 4.05. The highest BCUT2D eigenvalue weighted by atomic mass is 16.5. The van der Waals surface area contributed by atoms with E-state index in [1.54, 1.807) is 0 Å². The predicted molar refractivity (Wildman–Crippen MR) is 72.8 cm³/mol. The Labute approximate surface area is 117 Å². The normalized spacial score (nSPS) is 27.8. The second-order valence-corrected chi connectivity index (χ2v) is 5.44. The molecule has 2 amide bonds.